The van der Waals surface area contributed by atoms with Crippen LogP contribution in [0.3, 0.4) is 0 Å². The van der Waals surface area contributed by atoms with E-state index in [0.29, 0.717) is 25.1 Å². The van der Waals surface area contributed by atoms with E-state index >= 15 is 0 Å². The van der Waals surface area contributed by atoms with Crippen LogP contribution in [0.1, 0.15) is 41.8 Å². The molecule has 1 aromatic carbocycles. The van der Waals surface area contributed by atoms with Gasteiger partial charge in [-0.25, -0.2) is 0 Å². The molecule has 2 amide bonds. The Bertz CT molecular complexity index is 628. The second kappa shape index (κ2) is 9.81. The summed E-state index contributed by atoms with van der Waals surface area (Å²) in [6.07, 6.45) is 0.615. The summed E-state index contributed by atoms with van der Waals surface area (Å²) in [5.41, 5.74) is 2.77. The summed E-state index contributed by atoms with van der Waals surface area (Å²) in [6, 6.07) is 5.58. The van der Waals surface area contributed by atoms with Crippen molar-refractivity contribution < 1.29 is 19.1 Å². The highest BCUT2D eigenvalue weighted by Gasteiger charge is 2.22. The fourth-order valence-electron chi connectivity index (χ4n) is 2.47. The average Bonchev–Trinajstić information content (AvgIpc) is 2.58. The van der Waals surface area contributed by atoms with E-state index in [-0.39, 0.29) is 24.3 Å². The van der Waals surface area contributed by atoms with Crippen molar-refractivity contribution in [3.05, 3.63) is 34.9 Å². The maximum atomic E-state index is 12.9. The van der Waals surface area contributed by atoms with E-state index < -0.39 is 5.92 Å². The molecular formula is C19H28N2O4. The van der Waals surface area contributed by atoms with E-state index in [0.717, 1.165) is 11.1 Å². The number of rotatable bonds is 8. The summed E-state index contributed by atoms with van der Waals surface area (Å²) in [6.45, 7) is 8.36. The summed E-state index contributed by atoms with van der Waals surface area (Å²) in [4.78, 5) is 37.2. The Morgan fingerprint density at radius 1 is 1.20 bits per heavy atom. The molecule has 138 valence electrons. The van der Waals surface area contributed by atoms with Crippen LogP contribution in [0.15, 0.2) is 18.2 Å². The third kappa shape index (κ3) is 6.57. The SMILES string of the molecule is COC(=O)C(C)CN(CCCNC(C)=O)C(=O)c1ccc(C)c(C)c1. The number of methoxy groups -OCH3 is 1. The van der Waals surface area contributed by atoms with Crippen LogP contribution in [-0.4, -0.2) is 49.4 Å². The van der Waals surface area contributed by atoms with Crippen molar-refractivity contribution in [2.24, 2.45) is 5.92 Å². The molecule has 1 unspecified atom stereocenters. The van der Waals surface area contributed by atoms with Gasteiger partial charge in [-0.3, -0.25) is 14.4 Å². The van der Waals surface area contributed by atoms with E-state index in [9.17, 15) is 14.4 Å². The fraction of sp³-hybridized carbons (Fsp3) is 0.526. The van der Waals surface area contributed by atoms with Crippen LogP contribution < -0.4 is 5.32 Å². The van der Waals surface area contributed by atoms with Gasteiger partial charge in [-0.15, -0.1) is 0 Å². The van der Waals surface area contributed by atoms with Gasteiger partial charge in [0, 0.05) is 32.1 Å². The van der Waals surface area contributed by atoms with Gasteiger partial charge < -0.3 is 15.0 Å². The molecule has 0 heterocycles. The molecule has 6 nitrogen and oxygen atoms in total. The van der Waals surface area contributed by atoms with Crippen LogP contribution in [0, 0.1) is 19.8 Å². The zero-order chi connectivity index (χ0) is 19.0. The number of aryl methyl sites for hydroxylation is 2. The summed E-state index contributed by atoms with van der Waals surface area (Å²) in [5, 5.41) is 2.71. The Morgan fingerprint density at radius 2 is 1.88 bits per heavy atom. The first-order valence-corrected chi connectivity index (χ1v) is 8.45. The number of nitrogens with one attached hydrogen (secondary N) is 1. The largest absolute Gasteiger partial charge is 0.469 e. The Hall–Kier alpha value is -2.37. The van der Waals surface area contributed by atoms with E-state index in [2.05, 4.69) is 5.32 Å². The molecular weight excluding hydrogens is 320 g/mol. The lowest BCUT2D eigenvalue weighted by atomic mass is 10.0. The van der Waals surface area contributed by atoms with E-state index in [1.807, 2.05) is 26.0 Å². The van der Waals surface area contributed by atoms with Crippen LogP contribution in [0.4, 0.5) is 0 Å². The smallest absolute Gasteiger partial charge is 0.310 e. The first kappa shape index (κ1) is 20.7. The van der Waals surface area contributed by atoms with Gasteiger partial charge in [0.1, 0.15) is 0 Å². The molecule has 0 radical (unpaired) electrons. The highest BCUT2D eigenvalue weighted by Crippen LogP contribution is 2.14. The first-order valence-electron chi connectivity index (χ1n) is 8.45. The number of hydrogen-bond acceptors (Lipinski definition) is 4. The molecule has 1 N–H and O–H groups in total. The van der Waals surface area contributed by atoms with Crippen molar-refractivity contribution >= 4 is 17.8 Å². The third-order valence-electron chi connectivity index (χ3n) is 4.12. The fourth-order valence-corrected chi connectivity index (χ4v) is 2.47. The predicted molar refractivity (Wildman–Crippen MR) is 96.3 cm³/mol. The second-order valence-electron chi connectivity index (χ2n) is 6.31. The number of esters is 1. The zero-order valence-corrected chi connectivity index (χ0v) is 15.7. The maximum Gasteiger partial charge on any atom is 0.310 e. The summed E-state index contributed by atoms with van der Waals surface area (Å²) in [5.74, 6) is -0.988. The van der Waals surface area contributed by atoms with Crippen LogP contribution >= 0.6 is 0 Å². The van der Waals surface area contributed by atoms with E-state index in [1.165, 1.54) is 14.0 Å². The quantitative estimate of drug-likeness (QED) is 0.576. The van der Waals surface area contributed by atoms with Crippen LogP contribution in [0.5, 0.6) is 0 Å². The van der Waals surface area contributed by atoms with Crippen molar-refractivity contribution in [2.75, 3.05) is 26.7 Å². The highest BCUT2D eigenvalue weighted by atomic mass is 16.5. The Labute approximate surface area is 149 Å². The molecule has 1 atom stereocenters. The Kier molecular flexibility index (Phi) is 8.11. The molecule has 25 heavy (non-hydrogen) atoms. The molecule has 0 fully saturated rings. The standard InChI is InChI=1S/C19H28N2O4/c1-13-7-8-17(11-14(13)2)18(23)21(10-6-9-20-16(4)22)12-15(3)19(24)25-5/h7-8,11,15H,6,9-10,12H2,1-5H3,(H,20,22). The number of carbonyl (C=O) groups is 3. The third-order valence-corrected chi connectivity index (χ3v) is 4.12. The lowest BCUT2D eigenvalue weighted by Gasteiger charge is -2.25. The van der Waals surface area contributed by atoms with E-state index in [4.69, 9.17) is 4.74 Å². The van der Waals surface area contributed by atoms with Crippen molar-refractivity contribution in [3.8, 4) is 0 Å². The molecule has 0 aromatic heterocycles. The normalized spacial score (nSPS) is 11.6. The lowest BCUT2D eigenvalue weighted by molar-refractivity contribution is -0.145. The van der Waals surface area contributed by atoms with Gasteiger partial charge in [-0.05, 0) is 43.5 Å². The average molecular weight is 348 g/mol. The highest BCUT2D eigenvalue weighted by molar-refractivity contribution is 5.94. The minimum Gasteiger partial charge on any atom is -0.469 e. The Balaban J connectivity index is 2.86. The van der Waals surface area contributed by atoms with E-state index in [1.54, 1.807) is 17.9 Å². The molecule has 6 heteroatoms. The van der Waals surface area contributed by atoms with Crippen molar-refractivity contribution in [1.82, 2.24) is 10.2 Å². The molecule has 1 aromatic rings. The van der Waals surface area contributed by atoms with Gasteiger partial charge in [0.05, 0.1) is 13.0 Å². The summed E-state index contributed by atoms with van der Waals surface area (Å²) < 4.78 is 4.76. The molecule has 0 aliphatic carbocycles. The molecule has 0 saturated carbocycles. The molecule has 0 bridgehead atoms. The van der Waals surface area contributed by atoms with Gasteiger partial charge >= 0.3 is 5.97 Å². The molecule has 1 rings (SSSR count). The molecule has 0 aliphatic heterocycles. The first-order chi connectivity index (χ1) is 11.8. The number of nitrogens with zero attached hydrogens (tertiary/aromatic N) is 1. The van der Waals surface area contributed by atoms with Crippen molar-refractivity contribution in [1.29, 1.82) is 0 Å². The number of carbonyl (C=O) groups excluding carboxylic acids is 3. The molecule has 0 aliphatic rings. The zero-order valence-electron chi connectivity index (χ0n) is 15.7. The van der Waals surface area contributed by atoms with Gasteiger partial charge in [0.2, 0.25) is 5.91 Å². The number of benzene rings is 1. The predicted octanol–water partition coefficient (Wildman–Crippen LogP) is 2.08. The van der Waals surface area contributed by atoms with Gasteiger partial charge in [0.15, 0.2) is 0 Å². The number of ether oxygens (including phenoxy) is 1. The van der Waals surface area contributed by atoms with Crippen LogP contribution in [-0.2, 0) is 14.3 Å². The van der Waals surface area contributed by atoms with Gasteiger partial charge in [-0.2, -0.15) is 0 Å². The van der Waals surface area contributed by atoms with Gasteiger partial charge in [0.25, 0.3) is 5.91 Å². The Morgan fingerprint density at radius 3 is 2.44 bits per heavy atom. The molecule has 0 spiro atoms. The minimum absolute atomic E-state index is 0.102. The maximum absolute atomic E-state index is 12.9. The second-order valence-corrected chi connectivity index (χ2v) is 6.31. The minimum atomic E-state index is -0.415. The lowest BCUT2D eigenvalue weighted by Crippen LogP contribution is -2.39. The van der Waals surface area contributed by atoms with Crippen LogP contribution in [0.25, 0.3) is 0 Å². The summed E-state index contributed by atoms with van der Waals surface area (Å²) in [7, 11) is 1.34. The van der Waals surface area contributed by atoms with Gasteiger partial charge in [-0.1, -0.05) is 13.0 Å². The topological polar surface area (TPSA) is 75.7 Å². The van der Waals surface area contributed by atoms with Crippen LogP contribution in [0.2, 0.25) is 0 Å². The van der Waals surface area contributed by atoms with Crippen molar-refractivity contribution in [2.45, 2.75) is 34.1 Å². The van der Waals surface area contributed by atoms with Crippen molar-refractivity contribution in [3.63, 3.8) is 0 Å². The summed E-state index contributed by atoms with van der Waals surface area (Å²) >= 11 is 0. The number of amides is 2. The molecule has 0 saturated heterocycles. The number of hydrogen-bond donors (Lipinski definition) is 1. The monoisotopic (exact) mass is 348 g/mol.